The maximum absolute atomic E-state index is 12.6. The van der Waals surface area contributed by atoms with Gasteiger partial charge in [-0.25, -0.2) is 0 Å². The summed E-state index contributed by atoms with van der Waals surface area (Å²) in [6.07, 6.45) is -0.0609. The highest BCUT2D eigenvalue weighted by atomic mass is 16.5. The van der Waals surface area contributed by atoms with Crippen molar-refractivity contribution in [2.24, 2.45) is 0 Å². The first-order valence-electron chi connectivity index (χ1n) is 9.49. The second-order valence-electron chi connectivity index (χ2n) is 6.67. The molecule has 1 amide bonds. The minimum absolute atomic E-state index is 0.127. The molecule has 152 valence electrons. The fourth-order valence-electron chi connectivity index (χ4n) is 2.81. The molecular weight excluding hydrogens is 370 g/mol. The first-order valence-corrected chi connectivity index (χ1v) is 9.49. The van der Waals surface area contributed by atoms with Gasteiger partial charge in [-0.3, -0.25) is 4.79 Å². The molecule has 0 aliphatic carbocycles. The number of hydrogen-bond donors (Lipinski definition) is 1. The SMILES string of the molecule is CC[C@H](Oc1cccc(C)c1C)C(=O)NCc1nc(-c2cccc(OC)c2)no1. The Morgan fingerprint density at radius 1 is 1.21 bits per heavy atom. The van der Waals surface area contributed by atoms with Crippen molar-refractivity contribution in [1.29, 1.82) is 0 Å². The summed E-state index contributed by atoms with van der Waals surface area (Å²) in [6, 6.07) is 13.2. The van der Waals surface area contributed by atoms with Gasteiger partial charge in [0.25, 0.3) is 5.91 Å². The zero-order chi connectivity index (χ0) is 20.8. The van der Waals surface area contributed by atoms with Crippen molar-refractivity contribution in [1.82, 2.24) is 15.5 Å². The number of carbonyl (C=O) groups excluding carboxylic acids is 1. The van der Waals surface area contributed by atoms with Gasteiger partial charge in [-0.15, -0.1) is 0 Å². The molecule has 0 aliphatic heterocycles. The summed E-state index contributed by atoms with van der Waals surface area (Å²) in [6.45, 7) is 6.03. The van der Waals surface area contributed by atoms with Crippen molar-refractivity contribution < 1.29 is 18.8 Å². The van der Waals surface area contributed by atoms with E-state index in [4.69, 9.17) is 14.0 Å². The number of methoxy groups -OCH3 is 1. The first-order chi connectivity index (χ1) is 14.0. The van der Waals surface area contributed by atoms with Gasteiger partial charge < -0.3 is 19.3 Å². The topological polar surface area (TPSA) is 86.5 Å². The lowest BCUT2D eigenvalue weighted by molar-refractivity contribution is -0.128. The van der Waals surface area contributed by atoms with Gasteiger partial charge >= 0.3 is 0 Å². The van der Waals surface area contributed by atoms with Crippen LogP contribution < -0.4 is 14.8 Å². The van der Waals surface area contributed by atoms with E-state index in [1.807, 2.05) is 63.2 Å². The summed E-state index contributed by atoms with van der Waals surface area (Å²) < 4.78 is 16.4. The van der Waals surface area contributed by atoms with E-state index in [0.29, 0.717) is 29.6 Å². The lowest BCUT2D eigenvalue weighted by atomic mass is 10.1. The highest BCUT2D eigenvalue weighted by Crippen LogP contribution is 2.23. The van der Waals surface area contributed by atoms with Crippen LogP contribution in [0.4, 0.5) is 0 Å². The average molecular weight is 395 g/mol. The number of hydrogen-bond acceptors (Lipinski definition) is 6. The third-order valence-electron chi connectivity index (χ3n) is 4.70. The van der Waals surface area contributed by atoms with Gasteiger partial charge in [-0.05, 0) is 49.6 Å². The first kappa shape index (κ1) is 20.4. The van der Waals surface area contributed by atoms with Crippen LogP contribution in [0.5, 0.6) is 11.5 Å². The molecule has 0 spiro atoms. The highest BCUT2D eigenvalue weighted by Gasteiger charge is 2.20. The molecule has 29 heavy (non-hydrogen) atoms. The van der Waals surface area contributed by atoms with Gasteiger partial charge in [-0.1, -0.05) is 36.3 Å². The summed E-state index contributed by atoms with van der Waals surface area (Å²) in [5.41, 5.74) is 2.92. The summed E-state index contributed by atoms with van der Waals surface area (Å²) in [4.78, 5) is 16.9. The zero-order valence-electron chi connectivity index (χ0n) is 17.1. The Hall–Kier alpha value is -3.35. The normalized spacial score (nSPS) is 11.7. The maximum atomic E-state index is 12.6. The second kappa shape index (κ2) is 9.23. The number of amides is 1. The molecule has 0 saturated heterocycles. The summed E-state index contributed by atoms with van der Waals surface area (Å²) in [5.74, 6) is 1.95. The predicted molar refractivity (Wildman–Crippen MR) is 109 cm³/mol. The smallest absolute Gasteiger partial charge is 0.261 e. The monoisotopic (exact) mass is 395 g/mol. The van der Waals surface area contributed by atoms with Crippen molar-refractivity contribution in [3.63, 3.8) is 0 Å². The molecule has 1 aromatic heterocycles. The zero-order valence-corrected chi connectivity index (χ0v) is 17.1. The molecule has 7 nitrogen and oxygen atoms in total. The third-order valence-corrected chi connectivity index (χ3v) is 4.70. The van der Waals surface area contributed by atoms with Crippen LogP contribution in [-0.2, 0) is 11.3 Å². The molecule has 0 bridgehead atoms. The number of carbonyl (C=O) groups is 1. The fraction of sp³-hybridized carbons (Fsp3) is 0.318. The molecular formula is C22H25N3O4. The van der Waals surface area contributed by atoms with Crippen LogP contribution in [0.15, 0.2) is 47.0 Å². The van der Waals surface area contributed by atoms with Crippen LogP contribution in [-0.4, -0.2) is 29.3 Å². The summed E-state index contributed by atoms with van der Waals surface area (Å²) in [7, 11) is 1.60. The average Bonchev–Trinajstić information content (AvgIpc) is 3.22. The molecule has 2 aromatic carbocycles. The van der Waals surface area contributed by atoms with Gasteiger partial charge in [0.15, 0.2) is 6.10 Å². The molecule has 0 radical (unpaired) electrons. The lowest BCUT2D eigenvalue weighted by Crippen LogP contribution is -2.37. The minimum Gasteiger partial charge on any atom is -0.497 e. The molecule has 3 rings (SSSR count). The molecule has 0 aliphatic rings. The van der Waals surface area contributed by atoms with Gasteiger partial charge in [0.2, 0.25) is 11.7 Å². The predicted octanol–water partition coefficient (Wildman–Crippen LogP) is 3.84. The van der Waals surface area contributed by atoms with Gasteiger partial charge in [0, 0.05) is 5.56 Å². The van der Waals surface area contributed by atoms with Gasteiger partial charge in [0.1, 0.15) is 11.5 Å². The Morgan fingerprint density at radius 3 is 2.76 bits per heavy atom. The quantitative estimate of drug-likeness (QED) is 0.624. The molecule has 7 heteroatoms. The molecule has 1 heterocycles. The largest absolute Gasteiger partial charge is 0.497 e. The van der Waals surface area contributed by atoms with E-state index in [-0.39, 0.29) is 12.5 Å². The number of aryl methyl sites for hydroxylation is 1. The molecule has 0 saturated carbocycles. The van der Waals surface area contributed by atoms with Crippen LogP contribution >= 0.6 is 0 Å². The molecule has 0 unspecified atom stereocenters. The highest BCUT2D eigenvalue weighted by molar-refractivity contribution is 5.81. The van der Waals surface area contributed by atoms with Crippen LogP contribution in [0.3, 0.4) is 0 Å². The Kier molecular flexibility index (Phi) is 6.49. The third kappa shape index (κ3) is 4.93. The van der Waals surface area contributed by atoms with E-state index in [0.717, 1.165) is 16.7 Å². The Balaban J connectivity index is 1.62. The van der Waals surface area contributed by atoms with Crippen LogP contribution in [0, 0.1) is 13.8 Å². The van der Waals surface area contributed by atoms with E-state index in [2.05, 4.69) is 15.5 Å². The van der Waals surface area contributed by atoms with E-state index >= 15 is 0 Å². The number of benzene rings is 2. The van der Waals surface area contributed by atoms with E-state index < -0.39 is 6.10 Å². The maximum Gasteiger partial charge on any atom is 0.261 e. The standard InChI is InChI=1S/C22H25N3O4/c1-5-18(28-19-11-6-8-14(2)15(19)3)22(26)23-13-20-24-21(25-29-20)16-9-7-10-17(12-16)27-4/h6-12,18H,5,13H2,1-4H3,(H,23,26)/t18-/m0/s1. The Morgan fingerprint density at radius 2 is 2.00 bits per heavy atom. The second-order valence-corrected chi connectivity index (χ2v) is 6.67. The Labute approximate surface area is 170 Å². The summed E-state index contributed by atoms with van der Waals surface area (Å²) in [5, 5.41) is 6.78. The van der Waals surface area contributed by atoms with Crippen molar-refractivity contribution >= 4 is 5.91 Å². The number of nitrogens with zero attached hydrogens (tertiary/aromatic N) is 2. The lowest BCUT2D eigenvalue weighted by Gasteiger charge is -2.18. The van der Waals surface area contributed by atoms with Gasteiger partial charge in [0.05, 0.1) is 13.7 Å². The van der Waals surface area contributed by atoms with Gasteiger partial charge in [-0.2, -0.15) is 4.98 Å². The van der Waals surface area contributed by atoms with E-state index in [9.17, 15) is 4.79 Å². The fourth-order valence-corrected chi connectivity index (χ4v) is 2.81. The van der Waals surface area contributed by atoms with Crippen molar-refractivity contribution in [3.05, 3.63) is 59.5 Å². The molecule has 3 aromatic rings. The number of nitrogens with one attached hydrogen (secondary N) is 1. The number of ether oxygens (including phenoxy) is 2. The molecule has 1 N–H and O–H groups in total. The number of aromatic nitrogens is 2. The van der Waals surface area contributed by atoms with Crippen LogP contribution in [0.1, 0.15) is 30.4 Å². The van der Waals surface area contributed by atoms with Crippen LogP contribution in [0.2, 0.25) is 0 Å². The van der Waals surface area contributed by atoms with E-state index in [1.54, 1.807) is 7.11 Å². The van der Waals surface area contributed by atoms with E-state index in [1.165, 1.54) is 0 Å². The minimum atomic E-state index is -0.601. The number of rotatable bonds is 8. The molecule has 1 atom stereocenters. The van der Waals surface area contributed by atoms with Crippen molar-refractivity contribution in [3.8, 4) is 22.9 Å². The molecule has 0 fully saturated rings. The van der Waals surface area contributed by atoms with Crippen molar-refractivity contribution in [2.75, 3.05) is 7.11 Å². The van der Waals surface area contributed by atoms with Crippen molar-refractivity contribution in [2.45, 2.75) is 39.8 Å². The van der Waals surface area contributed by atoms with Crippen LogP contribution in [0.25, 0.3) is 11.4 Å². The summed E-state index contributed by atoms with van der Waals surface area (Å²) >= 11 is 0. The Bertz CT molecular complexity index is 984.